The summed E-state index contributed by atoms with van der Waals surface area (Å²) in [6, 6.07) is 0. The standard InChI is InChI=1S/C16H26N2O2S/c1-4-12(19)15-13(17)14(20-3)16(21-15)18(2)10-11-8-6-5-7-9-11/h11H,4-10,17H2,1-3H3. The molecule has 2 rings (SSSR count). The summed E-state index contributed by atoms with van der Waals surface area (Å²) in [5.74, 6) is 1.49. The van der Waals surface area contributed by atoms with Crippen LogP contribution in [0.1, 0.15) is 55.1 Å². The first kappa shape index (κ1) is 16.1. The highest BCUT2D eigenvalue weighted by molar-refractivity contribution is 7.19. The maximum Gasteiger partial charge on any atom is 0.177 e. The average molecular weight is 310 g/mol. The first-order valence-electron chi connectivity index (χ1n) is 7.79. The molecule has 0 radical (unpaired) electrons. The van der Waals surface area contributed by atoms with Gasteiger partial charge in [0.2, 0.25) is 0 Å². The molecule has 5 heteroatoms. The van der Waals surface area contributed by atoms with Crippen LogP contribution in [0.2, 0.25) is 0 Å². The van der Waals surface area contributed by atoms with Gasteiger partial charge >= 0.3 is 0 Å². The van der Waals surface area contributed by atoms with Crippen molar-refractivity contribution in [3.05, 3.63) is 4.88 Å². The number of rotatable bonds is 6. The maximum atomic E-state index is 12.0. The van der Waals surface area contributed by atoms with Crippen LogP contribution in [0.5, 0.6) is 5.75 Å². The van der Waals surface area contributed by atoms with E-state index in [-0.39, 0.29) is 5.78 Å². The average Bonchev–Trinajstić information content (AvgIpc) is 2.84. The molecule has 1 aliphatic rings. The summed E-state index contributed by atoms with van der Waals surface area (Å²) >= 11 is 1.47. The fourth-order valence-corrected chi connectivity index (χ4v) is 4.24. The van der Waals surface area contributed by atoms with Gasteiger partial charge in [0.25, 0.3) is 0 Å². The molecular weight excluding hydrogens is 284 g/mol. The third-order valence-electron chi connectivity index (χ3n) is 4.26. The van der Waals surface area contributed by atoms with Gasteiger partial charge in [-0.2, -0.15) is 0 Å². The number of Topliss-reactive ketones (excluding diaryl/α,β-unsaturated/α-hetero) is 1. The van der Waals surface area contributed by atoms with Crippen LogP contribution in [0, 0.1) is 5.92 Å². The molecule has 2 N–H and O–H groups in total. The molecule has 0 aromatic carbocycles. The van der Waals surface area contributed by atoms with Crippen LogP contribution in [0.15, 0.2) is 0 Å². The first-order valence-corrected chi connectivity index (χ1v) is 8.60. The summed E-state index contributed by atoms with van der Waals surface area (Å²) < 4.78 is 5.45. The molecule has 1 aliphatic carbocycles. The summed E-state index contributed by atoms with van der Waals surface area (Å²) in [5.41, 5.74) is 6.60. The quantitative estimate of drug-likeness (QED) is 0.808. The molecule has 0 aliphatic heterocycles. The van der Waals surface area contributed by atoms with Crippen molar-refractivity contribution < 1.29 is 9.53 Å². The van der Waals surface area contributed by atoms with Crippen molar-refractivity contribution in [1.29, 1.82) is 0 Å². The van der Waals surface area contributed by atoms with Gasteiger partial charge in [0.15, 0.2) is 11.5 Å². The lowest BCUT2D eigenvalue weighted by atomic mass is 9.89. The Kier molecular flexibility index (Phi) is 5.51. The second kappa shape index (κ2) is 7.16. The van der Waals surface area contributed by atoms with E-state index in [1.165, 1.54) is 43.4 Å². The van der Waals surface area contributed by atoms with Crippen molar-refractivity contribution in [3.8, 4) is 5.75 Å². The highest BCUT2D eigenvalue weighted by atomic mass is 32.1. The number of nitrogens with two attached hydrogens (primary N) is 1. The number of hydrogen-bond donors (Lipinski definition) is 1. The molecule has 0 saturated heterocycles. The van der Waals surface area contributed by atoms with Crippen LogP contribution < -0.4 is 15.4 Å². The van der Waals surface area contributed by atoms with Crippen LogP contribution in [-0.2, 0) is 0 Å². The number of ether oxygens (including phenoxy) is 1. The molecule has 0 unspecified atom stereocenters. The number of methoxy groups -OCH3 is 1. The Morgan fingerprint density at radius 3 is 2.62 bits per heavy atom. The van der Waals surface area contributed by atoms with Crippen LogP contribution in [0.3, 0.4) is 0 Å². The molecule has 0 amide bonds. The second-order valence-electron chi connectivity index (χ2n) is 5.84. The van der Waals surface area contributed by atoms with Crippen molar-refractivity contribution in [3.63, 3.8) is 0 Å². The summed E-state index contributed by atoms with van der Waals surface area (Å²) in [5, 5.41) is 0.984. The van der Waals surface area contributed by atoms with Gasteiger partial charge in [-0.3, -0.25) is 4.79 Å². The Labute approximate surface area is 131 Å². The van der Waals surface area contributed by atoms with E-state index in [1.807, 2.05) is 6.92 Å². The SMILES string of the molecule is CCC(=O)c1sc(N(C)CC2CCCCC2)c(OC)c1N. The van der Waals surface area contributed by atoms with Crippen molar-refractivity contribution in [1.82, 2.24) is 0 Å². The molecule has 1 aromatic rings. The molecule has 118 valence electrons. The largest absolute Gasteiger partial charge is 0.492 e. The minimum absolute atomic E-state index is 0.0908. The Morgan fingerprint density at radius 1 is 1.38 bits per heavy atom. The predicted molar refractivity (Wildman–Crippen MR) is 89.7 cm³/mol. The van der Waals surface area contributed by atoms with Crippen LogP contribution in [-0.4, -0.2) is 26.5 Å². The highest BCUT2D eigenvalue weighted by Crippen LogP contribution is 2.45. The number of nitrogens with zero attached hydrogens (tertiary/aromatic N) is 1. The van der Waals surface area contributed by atoms with E-state index >= 15 is 0 Å². The highest BCUT2D eigenvalue weighted by Gasteiger charge is 2.24. The third kappa shape index (κ3) is 3.51. The zero-order chi connectivity index (χ0) is 15.4. The first-order chi connectivity index (χ1) is 10.1. The molecule has 0 bridgehead atoms. The fourth-order valence-electron chi connectivity index (χ4n) is 3.07. The van der Waals surface area contributed by atoms with E-state index in [2.05, 4.69) is 11.9 Å². The van der Waals surface area contributed by atoms with Gasteiger partial charge in [-0.05, 0) is 18.8 Å². The Bertz CT molecular complexity index is 493. The normalized spacial score (nSPS) is 16.0. The Balaban J connectivity index is 2.19. The lowest BCUT2D eigenvalue weighted by Crippen LogP contribution is -2.26. The third-order valence-corrected chi connectivity index (χ3v) is 5.61. The number of anilines is 2. The molecule has 4 nitrogen and oxygen atoms in total. The lowest BCUT2D eigenvalue weighted by Gasteiger charge is -2.27. The van der Waals surface area contributed by atoms with E-state index in [9.17, 15) is 4.79 Å². The van der Waals surface area contributed by atoms with Gasteiger partial charge in [-0.25, -0.2) is 0 Å². The minimum Gasteiger partial charge on any atom is -0.492 e. The van der Waals surface area contributed by atoms with Gasteiger partial charge in [0.1, 0.15) is 5.00 Å². The summed E-state index contributed by atoms with van der Waals surface area (Å²) in [4.78, 5) is 14.8. The van der Waals surface area contributed by atoms with E-state index in [0.29, 0.717) is 22.7 Å². The van der Waals surface area contributed by atoms with Gasteiger partial charge < -0.3 is 15.4 Å². The Hall–Kier alpha value is -1.23. The molecule has 1 saturated carbocycles. The van der Waals surface area contributed by atoms with Gasteiger partial charge in [0.05, 0.1) is 17.7 Å². The van der Waals surface area contributed by atoms with E-state index in [1.54, 1.807) is 7.11 Å². The fraction of sp³-hybridized carbons (Fsp3) is 0.688. The van der Waals surface area contributed by atoms with Crippen LogP contribution in [0.4, 0.5) is 10.7 Å². The smallest absolute Gasteiger partial charge is 0.177 e. The number of carbonyl (C=O) groups excluding carboxylic acids is 1. The minimum atomic E-state index is 0.0908. The van der Waals surface area contributed by atoms with Crippen LogP contribution >= 0.6 is 11.3 Å². The van der Waals surface area contributed by atoms with E-state index < -0.39 is 0 Å². The molecule has 1 heterocycles. The zero-order valence-electron chi connectivity index (χ0n) is 13.3. The van der Waals surface area contributed by atoms with Gasteiger partial charge in [-0.15, -0.1) is 11.3 Å². The summed E-state index contributed by atoms with van der Waals surface area (Å²) in [6.45, 7) is 2.87. The molecule has 21 heavy (non-hydrogen) atoms. The maximum absolute atomic E-state index is 12.0. The second-order valence-corrected chi connectivity index (χ2v) is 6.84. The monoisotopic (exact) mass is 310 g/mol. The number of nitrogen functional groups attached to an aromatic ring is 1. The number of hydrogen-bond acceptors (Lipinski definition) is 5. The van der Waals surface area contributed by atoms with E-state index in [0.717, 1.165) is 17.5 Å². The van der Waals surface area contributed by atoms with Gasteiger partial charge in [0, 0.05) is 20.0 Å². The zero-order valence-corrected chi connectivity index (χ0v) is 14.1. The summed E-state index contributed by atoms with van der Waals surface area (Å²) in [7, 11) is 3.69. The molecule has 1 fully saturated rings. The molecule has 0 atom stereocenters. The molecule has 1 aromatic heterocycles. The molecule has 0 spiro atoms. The van der Waals surface area contributed by atoms with Crippen LogP contribution in [0.25, 0.3) is 0 Å². The molecular formula is C16H26N2O2S. The van der Waals surface area contributed by atoms with Crippen molar-refractivity contribution >= 4 is 27.8 Å². The number of ketones is 1. The van der Waals surface area contributed by atoms with Crippen molar-refractivity contribution in [2.45, 2.75) is 45.4 Å². The van der Waals surface area contributed by atoms with Gasteiger partial charge in [-0.1, -0.05) is 26.2 Å². The summed E-state index contributed by atoms with van der Waals surface area (Å²) in [6.07, 6.45) is 7.11. The lowest BCUT2D eigenvalue weighted by molar-refractivity contribution is 0.0992. The number of thiophene rings is 1. The Morgan fingerprint density at radius 2 is 2.05 bits per heavy atom. The topological polar surface area (TPSA) is 55.6 Å². The van der Waals surface area contributed by atoms with Crippen molar-refractivity contribution in [2.24, 2.45) is 5.92 Å². The van der Waals surface area contributed by atoms with E-state index in [4.69, 9.17) is 10.5 Å². The predicted octanol–water partition coefficient (Wildman–Crippen LogP) is 3.95. The number of carbonyl (C=O) groups is 1. The van der Waals surface area contributed by atoms with Crippen molar-refractivity contribution in [2.75, 3.05) is 31.3 Å².